The molecule has 4 saturated carbocycles. The van der Waals surface area contributed by atoms with Crippen molar-refractivity contribution in [1.82, 2.24) is 0 Å². The maximum absolute atomic E-state index is 11.4. The highest BCUT2D eigenvalue weighted by molar-refractivity contribution is 5.19. The number of aliphatic hydroxyl groups excluding tert-OH is 1. The largest absolute Gasteiger partial charge is 0.393 e. The Labute approximate surface area is 208 Å². The molecule has 0 bridgehead atoms. The fraction of sp³-hybridized carbons (Fsp3) is 0.812. The van der Waals surface area contributed by atoms with E-state index in [9.17, 15) is 10.2 Å². The van der Waals surface area contributed by atoms with Gasteiger partial charge in [-0.3, -0.25) is 0 Å². The summed E-state index contributed by atoms with van der Waals surface area (Å²) >= 11 is 0. The Morgan fingerprint density at radius 1 is 0.853 bits per heavy atom. The Balaban J connectivity index is 1.29. The van der Waals surface area contributed by atoms with Crippen LogP contribution in [0.5, 0.6) is 0 Å². The molecule has 4 fully saturated rings. The summed E-state index contributed by atoms with van der Waals surface area (Å²) in [6.07, 6.45) is 11.9. The first-order chi connectivity index (χ1) is 16.1. The van der Waals surface area contributed by atoms with Gasteiger partial charge in [-0.2, -0.15) is 0 Å². The molecule has 0 aliphatic heterocycles. The fourth-order valence-electron chi connectivity index (χ4n) is 10.1. The summed E-state index contributed by atoms with van der Waals surface area (Å²) in [4.78, 5) is 0. The van der Waals surface area contributed by atoms with Crippen LogP contribution < -0.4 is 0 Å². The van der Waals surface area contributed by atoms with Crippen molar-refractivity contribution in [3.8, 4) is 0 Å². The van der Waals surface area contributed by atoms with Crippen molar-refractivity contribution in [3.63, 3.8) is 0 Å². The van der Waals surface area contributed by atoms with Gasteiger partial charge < -0.3 is 10.2 Å². The third-order valence-corrected chi connectivity index (χ3v) is 12.2. The van der Waals surface area contributed by atoms with Crippen molar-refractivity contribution in [2.75, 3.05) is 0 Å². The van der Waals surface area contributed by atoms with E-state index in [2.05, 4.69) is 65.0 Å². The van der Waals surface area contributed by atoms with Crippen LogP contribution in [-0.2, 0) is 0 Å². The van der Waals surface area contributed by atoms with E-state index < -0.39 is 5.60 Å². The van der Waals surface area contributed by atoms with Gasteiger partial charge in [0.2, 0.25) is 0 Å². The Morgan fingerprint density at radius 3 is 2.29 bits per heavy atom. The molecular weight excluding hydrogens is 416 g/mol. The molecule has 5 rings (SSSR count). The number of rotatable bonds is 5. The van der Waals surface area contributed by atoms with Gasteiger partial charge in [0.05, 0.1) is 11.7 Å². The van der Waals surface area contributed by atoms with Gasteiger partial charge in [0.1, 0.15) is 0 Å². The highest BCUT2D eigenvalue weighted by Crippen LogP contribution is 2.68. The quantitative estimate of drug-likeness (QED) is 0.469. The molecule has 0 radical (unpaired) electrons. The molecule has 190 valence electrons. The van der Waals surface area contributed by atoms with Crippen LogP contribution in [0.25, 0.3) is 0 Å². The molecule has 0 amide bonds. The summed E-state index contributed by atoms with van der Waals surface area (Å²) in [5.74, 6) is 4.66. The maximum atomic E-state index is 11.4. The number of hydrogen-bond acceptors (Lipinski definition) is 2. The molecule has 1 aromatic carbocycles. The predicted molar refractivity (Wildman–Crippen MR) is 140 cm³/mol. The maximum Gasteiger partial charge on any atom is 0.0622 e. The van der Waals surface area contributed by atoms with Crippen LogP contribution in [0.2, 0.25) is 0 Å². The minimum absolute atomic E-state index is 0.220. The highest BCUT2D eigenvalue weighted by Gasteiger charge is 2.61. The van der Waals surface area contributed by atoms with E-state index in [0.29, 0.717) is 34.5 Å². The van der Waals surface area contributed by atoms with E-state index in [0.717, 1.165) is 37.0 Å². The van der Waals surface area contributed by atoms with Gasteiger partial charge >= 0.3 is 0 Å². The van der Waals surface area contributed by atoms with E-state index in [1.807, 2.05) is 0 Å². The Bertz CT molecular complexity index is 848. The molecule has 11 atom stereocenters. The lowest BCUT2D eigenvalue weighted by atomic mass is 9.43. The standard InChI is InChI=1S/C32H50O2/c1-21(23-9-7-6-8-10-23)19-29(33)22(2)26-13-14-27-25-12-11-24-20-30(3,34)17-18-31(24,4)28(25)15-16-32(26,27)5/h6-10,21-22,24-29,33-34H,11-20H2,1-5H3/t21-,22+,24+,25+,26-,27+,28+,29+,30+,31+,32-/m1/s1. The van der Waals surface area contributed by atoms with Crippen LogP contribution in [-0.4, -0.2) is 21.9 Å². The number of benzene rings is 1. The average Bonchev–Trinajstić information content (AvgIpc) is 3.16. The van der Waals surface area contributed by atoms with E-state index in [4.69, 9.17) is 0 Å². The number of aliphatic hydroxyl groups is 2. The molecule has 2 N–H and O–H groups in total. The Kier molecular flexibility index (Phi) is 6.50. The van der Waals surface area contributed by atoms with Crippen LogP contribution in [0.4, 0.5) is 0 Å². The van der Waals surface area contributed by atoms with E-state index >= 15 is 0 Å². The molecule has 0 spiro atoms. The molecule has 1 aromatic rings. The molecular formula is C32H50O2. The minimum Gasteiger partial charge on any atom is -0.393 e. The summed E-state index contributed by atoms with van der Waals surface area (Å²) in [7, 11) is 0. The van der Waals surface area contributed by atoms with Crippen LogP contribution in [0.1, 0.15) is 110 Å². The Hall–Kier alpha value is -0.860. The van der Waals surface area contributed by atoms with Gasteiger partial charge in [-0.15, -0.1) is 0 Å². The van der Waals surface area contributed by atoms with Crippen LogP contribution >= 0.6 is 0 Å². The van der Waals surface area contributed by atoms with Crippen molar-refractivity contribution in [1.29, 1.82) is 0 Å². The monoisotopic (exact) mass is 466 g/mol. The zero-order chi connectivity index (χ0) is 24.3. The van der Waals surface area contributed by atoms with Crippen molar-refractivity contribution >= 4 is 0 Å². The molecule has 0 aromatic heterocycles. The van der Waals surface area contributed by atoms with Gasteiger partial charge in [0.15, 0.2) is 0 Å². The first kappa shape index (κ1) is 24.8. The predicted octanol–water partition coefficient (Wildman–Crippen LogP) is 7.59. The molecule has 0 heterocycles. The first-order valence-electron chi connectivity index (χ1n) is 14.5. The van der Waals surface area contributed by atoms with Crippen LogP contribution in [0.15, 0.2) is 30.3 Å². The average molecular weight is 467 g/mol. The van der Waals surface area contributed by atoms with Gasteiger partial charge in [-0.25, -0.2) is 0 Å². The number of hydrogen-bond donors (Lipinski definition) is 2. The second-order valence-corrected chi connectivity index (χ2v) is 14.1. The lowest BCUT2D eigenvalue weighted by Gasteiger charge is -2.62. The smallest absolute Gasteiger partial charge is 0.0622 e. The third-order valence-electron chi connectivity index (χ3n) is 12.2. The van der Waals surface area contributed by atoms with Crippen molar-refractivity contribution in [2.24, 2.45) is 46.3 Å². The topological polar surface area (TPSA) is 40.5 Å². The molecule has 2 nitrogen and oxygen atoms in total. The zero-order valence-electron chi connectivity index (χ0n) is 22.5. The molecule has 34 heavy (non-hydrogen) atoms. The second-order valence-electron chi connectivity index (χ2n) is 14.1. The molecule has 0 unspecified atom stereocenters. The Morgan fingerprint density at radius 2 is 1.56 bits per heavy atom. The summed E-state index contributed by atoms with van der Waals surface area (Å²) in [5.41, 5.74) is 1.73. The van der Waals surface area contributed by atoms with Crippen molar-refractivity contribution in [2.45, 2.75) is 116 Å². The van der Waals surface area contributed by atoms with E-state index in [-0.39, 0.29) is 6.10 Å². The van der Waals surface area contributed by atoms with E-state index in [1.54, 1.807) is 0 Å². The lowest BCUT2D eigenvalue weighted by molar-refractivity contribution is -0.149. The van der Waals surface area contributed by atoms with Gasteiger partial charge in [0.25, 0.3) is 0 Å². The molecule has 0 saturated heterocycles. The lowest BCUT2D eigenvalue weighted by Crippen LogP contribution is -2.55. The minimum atomic E-state index is -0.443. The zero-order valence-corrected chi connectivity index (χ0v) is 22.5. The van der Waals surface area contributed by atoms with Crippen molar-refractivity contribution in [3.05, 3.63) is 35.9 Å². The SMILES string of the molecule is C[C@@H]([C@H]1CC[C@H]2[C@@H]3CC[C@H]4C[C@@](C)(O)CC[C@]4(C)[C@H]3CC[C@]12C)[C@@H](O)C[C@@H](C)c1ccccc1. The third kappa shape index (κ3) is 4.09. The summed E-state index contributed by atoms with van der Waals surface area (Å²) in [6, 6.07) is 10.7. The van der Waals surface area contributed by atoms with Crippen LogP contribution in [0.3, 0.4) is 0 Å². The summed E-state index contributed by atoms with van der Waals surface area (Å²) < 4.78 is 0. The van der Waals surface area contributed by atoms with Crippen LogP contribution in [0, 0.1) is 46.3 Å². The fourth-order valence-corrected chi connectivity index (χ4v) is 10.1. The van der Waals surface area contributed by atoms with Crippen molar-refractivity contribution < 1.29 is 10.2 Å². The molecule has 4 aliphatic rings. The molecule has 4 aliphatic carbocycles. The molecule has 2 heteroatoms. The normalized spacial score (nSPS) is 46.6. The van der Waals surface area contributed by atoms with Gasteiger partial charge in [0, 0.05) is 0 Å². The first-order valence-corrected chi connectivity index (χ1v) is 14.5. The van der Waals surface area contributed by atoms with Gasteiger partial charge in [-0.1, -0.05) is 58.0 Å². The summed E-state index contributed by atoms with van der Waals surface area (Å²) in [6.45, 7) is 11.9. The highest BCUT2D eigenvalue weighted by atomic mass is 16.3. The second kappa shape index (κ2) is 8.91. The number of fused-ring (bicyclic) bond motifs is 5. The summed E-state index contributed by atoms with van der Waals surface area (Å²) in [5, 5.41) is 22.1. The van der Waals surface area contributed by atoms with Gasteiger partial charge in [-0.05, 0) is 129 Å². The van der Waals surface area contributed by atoms with E-state index in [1.165, 1.54) is 50.5 Å².